The van der Waals surface area contributed by atoms with Gasteiger partial charge in [-0.3, -0.25) is 19.2 Å². The van der Waals surface area contributed by atoms with E-state index >= 15 is 0 Å². The zero-order valence-corrected chi connectivity index (χ0v) is 32.8. The van der Waals surface area contributed by atoms with Crippen molar-refractivity contribution >= 4 is 52.6 Å². The lowest BCUT2D eigenvalue weighted by atomic mass is 9.84. The van der Waals surface area contributed by atoms with Gasteiger partial charge < -0.3 is 31.5 Å². The Bertz CT molecular complexity index is 1740. The van der Waals surface area contributed by atoms with Crippen LogP contribution < -0.4 is 26.6 Å². The zero-order valence-electron chi connectivity index (χ0n) is 31.2. The quantitative estimate of drug-likeness (QED) is 0.151. The third kappa shape index (κ3) is 10.0. The van der Waals surface area contributed by atoms with E-state index in [2.05, 4.69) is 26.6 Å². The maximum Gasteiger partial charge on any atom is 0.246 e. The van der Waals surface area contributed by atoms with Crippen LogP contribution in [0.15, 0.2) is 84.9 Å². The highest BCUT2D eigenvalue weighted by molar-refractivity contribution is 7.99. The first-order valence-corrected chi connectivity index (χ1v) is 19.8. The van der Waals surface area contributed by atoms with E-state index in [1.165, 1.54) is 0 Å². The average molecular weight is 757 g/mol. The SMILES string of the molecule is CN[C@@H](C)C(=S)N[C@H]1CCS[C@H]2CC(C)(C)[C@@H](C(=O)NC[C@@H](C(=O)NCc3ccc(CNC(=O)[C@@H](C)c4ccccc4)cc3)c3ccccc3)N2C1=O. The van der Waals surface area contributed by atoms with Crippen LogP contribution >= 0.6 is 24.0 Å². The highest BCUT2D eigenvalue weighted by atomic mass is 32.2. The number of carbonyl (C=O) groups excluding carboxylic acids is 4. The van der Waals surface area contributed by atoms with Gasteiger partial charge >= 0.3 is 0 Å². The molecule has 3 aromatic carbocycles. The van der Waals surface area contributed by atoms with Crippen LogP contribution in [0.1, 0.15) is 74.6 Å². The number of thioether (sulfide) groups is 1. The molecule has 6 atom stereocenters. The summed E-state index contributed by atoms with van der Waals surface area (Å²) in [6.07, 6.45) is 1.30. The number of carbonyl (C=O) groups is 4. The minimum absolute atomic E-state index is 0.0412. The average Bonchev–Trinajstić information content (AvgIpc) is 3.36. The summed E-state index contributed by atoms with van der Waals surface area (Å²) in [7, 11) is 1.82. The molecule has 4 amide bonds. The number of likely N-dealkylation sites (N-methyl/N-ethyl adjacent to an activating group) is 1. The van der Waals surface area contributed by atoms with E-state index in [1.807, 2.05) is 120 Å². The van der Waals surface area contributed by atoms with Crippen molar-refractivity contribution in [3.63, 3.8) is 0 Å². The highest BCUT2D eigenvalue weighted by Gasteiger charge is 2.54. The van der Waals surface area contributed by atoms with Crippen LogP contribution in [0.5, 0.6) is 0 Å². The van der Waals surface area contributed by atoms with Crippen molar-refractivity contribution in [1.82, 2.24) is 31.5 Å². The minimum atomic E-state index is -0.700. The number of nitrogens with zero attached hydrogens (tertiary/aromatic N) is 1. The molecule has 2 saturated heterocycles. The number of nitrogens with one attached hydrogen (secondary N) is 5. The van der Waals surface area contributed by atoms with Gasteiger partial charge in [-0.05, 0) is 67.2 Å². The second-order valence-electron chi connectivity index (χ2n) is 14.6. The van der Waals surface area contributed by atoms with E-state index in [4.69, 9.17) is 12.2 Å². The van der Waals surface area contributed by atoms with Gasteiger partial charge in [0.1, 0.15) is 12.1 Å². The van der Waals surface area contributed by atoms with E-state index in [1.54, 1.807) is 16.7 Å². The van der Waals surface area contributed by atoms with Crippen LogP contribution in [0.4, 0.5) is 0 Å². The summed E-state index contributed by atoms with van der Waals surface area (Å²) in [6.45, 7) is 8.67. The molecule has 2 fully saturated rings. The minimum Gasteiger partial charge on any atom is -0.367 e. The Labute approximate surface area is 323 Å². The predicted octanol–water partition coefficient (Wildman–Crippen LogP) is 4.61. The van der Waals surface area contributed by atoms with Gasteiger partial charge in [-0.25, -0.2) is 0 Å². The highest BCUT2D eigenvalue weighted by Crippen LogP contribution is 2.46. The molecule has 2 heterocycles. The second-order valence-corrected chi connectivity index (χ2v) is 16.3. The van der Waals surface area contributed by atoms with Crippen molar-refractivity contribution in [3.8, 4) is 0 Å². The van der Waals surface area contributed by atoms with E-state index in [0.29, 0.717) is 30.9 Å². The molecule has 282 valence electrons. The Morgan fingerprint density at radius 2 is 1.42 bits per heavy atom. The molecular formula is C41H52N6O4S2. The molecule has 53 heavy (non-hydrogen) atoms. The molecule has 12 heteroatoms. The van der Waals surface area contributed by atoms with Gasteiger partial charge in [-0.1, -0.05) is 111 Å². The van der Waals surface area contributed by atoms with Crippen LogP contribution in [-0.4, -0.2) is 76.4 Å². The summed E-state index contributed by atoms with van der Waals surface area (Å²) in [5, 5.41) is 15.4. The maximum atomic E-state index is 14.1. The van der Waals surface area contributed by atoms with E-state index < -0.39 is 23.4 Å². The lowest BCUT2D eigenvalue weighted by Gasteiger charge is -2.34. The van der Waals surface area contributed by atoms with Crippen LogP contribution in [0.3, 0.4) is 0 Å². The number of benzene rings is 3. The maximum absolute atomic E-state index is 14.1. The summed E-state index contributed by atoms with van der Waals surface area (Å²) in [6, 6.07) is 25.5. The first-order chi connectivity index (χ1) is 25.4. The molecule has 3 aromatic rings. The molecular weight excluding hydrogens is 705 g/mol. The topological polar surface area (TPSA) is 132 Å². The molecule has 2 aliphatic heterocycles. The Hall–Kier alpha value is -4.26. The molecule has 0 aliphatic carbocycles. The molecule has 0 spiro atoms. The Kier molecular flexibility index (Phi) is 13.7. The monoisotopic (exact) mass is 756 g/mol. The largest absolute Gasteiger partial charge is 0.367 e. The van der Waals surface area contributed by atoms with E-state index in [-0.39, 0.29) is 47.5 Å². The first-order valence-electron chi connectivity index (χ1n) is 18.3. The third-order valence-corrected chi connectivity index (χ3v) is 12.1. The van der Waals surface area contributed by atoms with Gasteiger partial charge in [0.2, 0.25) is 23.6 Å². The molecule has 10 nitrogen and oxygen atoms in total. The van der Waals surface area contributed by atoms with Crippen LogP contribution in [0.2, 0.25) is 0 Å². The standard InChI is InChI=1S/C41H52N6O4S2/c1-26(30-12-8-6-9-13-30)36(48)43-23-28-16-18-29(19-17-28)24-44-37(49)32(31-14-10-7-11-15-31)25-45-38(50)35-41(3,4)22-34-47(35)40(51)33(20-21-53-34)46-39(52)27(2)42-5/h6-19,26-27,32-35,42H,20-25H2,1-5H3,(H,43,48)(H,44,49)(H,45,50)(H,46,52)/t26-,27-,32+,33-,34-,35+/m0/s1. The van der Waals surface area contributed by atoms with Gasteiger partial charge in [0.25, 0.3) is 0 Å². The fourth-order valence-electron chi connectivity index (χ4n) is 6.95. The van der Waals surface area contributed by atoms with Crippen molar-refractivity contribution in [2.75, 3.05) is 19.3 Å². The van der Waals surface area contributed by atoms with Crippen molar-refractivity contribution in [1.29, 1.82) is 0 Å². The van der Waals surface area contributed by atoms with Gasteiger partial charge in [-0.2, -0.15) is 0 Å². The molecule has 5 N–H and O–H groups in total. The lowest BCUT2D eigenvalue weighted by Crippen LogP contribution is -2.58. The third-order valence-electron chi connectivity index (χ3n) is 10.3. The van der Waals surface area contributed by atoms with Crippen molar-refractivity contribution < 1.29 is 19.2 Å². The molecule has 0 bridgehead atoms. The Morgan fingerprint density at radius 3 is 2.00 bits per heavy atom. The fraction of sp³-hybridized carbons (Fsp3) is 0.439. The summed E-state index contributed by atoms with van der Waals surface area (Å²) >= 11 is 7.26. The van der Waals surface area contributed by atoms with Crippen LogP contribution in [0, 0.1) is 5.41 Å². The molecule has 0 saturated carbocycles. The van der Waals surface area contributed by atoms with Gasteiger partial charge in [0, 0.05) is 19.6 Å². The fourth-order valence-corrected chi connectivity index (χ4v) is 8.79. The summed E-state index contributed by atoms with van der Waals surface area (Å²) in [5.74, 6) is -0.779. The van der Waals surface area contributed by atoms with Crippen LogP contribution in [-0.2, 0) is 32.3 Å². The number of amides is 4. The van der Waals surface area contributed by atoms with Crippen molar-refractivity contribution in [2.24, 2.45) is 5.41 Å². The number of thiocarbonyl (C=S) groups is 1. The van der Waals surface area contributed by atoms with Gasteiger partial charge in [0.05, 0.1) is 28.2 Å². The number of hydrogen-bond donors (Lipinski definition) is 5. The normalized spacial score (nSPS) is 21.0. The Morgan fingerprint density at radius 1 is 0.849 bits per heavy atom. The second kappa shape index (κ2) is 18.2. The zero-order chi connectivity index (χ0) is 38.1. The van der Waals surface area contributed by atoms with Crippen molar-refractivity contribution in [3.05, 3.63) is 107 Å². The van der Waals surface area contributed by atoms with Gasteiger partial charge in [0.15, 0.2) is 0 Å². The number of rotatable bonds is 14. The molecule has 0 radical (unpaired) electrons. The van der Waals surface area contributed by atoms with Crippen molar-refractivity contribution in [2.45, 2.75) is 89.0 Å². The number of hydrogen-bond acceptors (Lipinski definition) is 7. The Balaban J connectivity index is 1.20. The summed E-state index contributed by atoms with van der Waals surface area (Å²) in [5.41, 5.74) is 3.13. The van der Waals surface area contributed by atoms with E-state index in [9.17, 15) is 19.2 Å². The lowest BCUT2D eigenvalue weighted by molar-refractivity contribution is -0.142. The van der Waals surface area contributed by atoms with Crippen LogP contribution in [0.25, 0.3) is 0 Å². The van der Waals surface area contributed by atoms with E-state index in [0.717, 1.165) is 28.0 Å². The molecule has 0 unspecified atom stereocenters. The molecule has 2 aliphatic rings. The summed E-state index contributed by atoms with van der Waals surface area (Å²) < 4.78 is 0. The van der Waals surface area contributed by atoms with Gasteiger partial charge in [-0.15, -0.1) is 11.8 Å². The first kappa shape index (κ1) is 39.9. The molecule has 5 rings (SSSR count). The molecule has 0 aromatic heterocycles. The summed E-state index contributed by atoms with van der Waals surface area (Å²) in [4.78, 5) is 56.9. The number of fused-ring (bicyclic) bond motifs is 1. The smallest absolute Gasteiger partial charge is 0.246 e. The predicted molar refractivity (Wildman–Crippen MR) is 215 cm³/mol.